The Morgan fingerprint density at radius 1 is 1.24 bits per heavy atom. The minimum absolute atomic E-state index is 0.190. The number of esters is 1. The molecular formula is C17H22N2O6. The topological polar surface area (TPSA) is 94.2 Å². The molecule has 8 heteroatoms. The molecule has 0 spiro atoms. The third kappa shape index (κ3) is 3.67. The highest BCUT2D eigenvalue weighted by Gasteiger charge is 2.41. The number of rotatable bonds is 4. The molecule has 0 saturated heterocycles. The summed E-state index contributed by atoms with van der Waals surface area (Å²) in [6.45, 7) is 5.50. The number of nitrogens with zero attached hydrogens (tertiary/aromatic N) is 1. The molecule has 25 heavy (non-hydrogen) atoms. The molecule has 0 fully saturated rings. The van der Waals surface area contributed by atoms with E-state index in [9.17, 15) is 14.4 Å². The zero-order valence-electron chi connectivity index (χ0n) is 15.0. The van der Waals surface area contributed by atoms with E-state index in [1.54, 1.807) is 32.9 Å². The maximum Gasteiger partial charge on any atom is 0.406 e. The van der Waals surface area contributed by atoms with Crippen LogP contribution in [0.15, 0.2) is 12.1 Å². The van der Waals surface area contributed by atoms with Gasteiger partial charge >= 0.3 is 12.1 Å². The highest BCUT2D eigenvalue weighted by atomic mass is 16.5. The predicted octanol–water partition coefficient (Wildman–Crippen LogP) is 1.64. The number of benzene rings is 1. The van der Waals surface area contributed by atoms with Crippen molar-refractivity contribution in [1.29, 1.82) is 0 Å². The highest BCUT2D eigenvalue weighted by Crippen LogP contribution is 2.39. The summed E-state index contributed by atoms with van der Waals surface area (Å²) < 4.78 is 15.1. The molecule has 1 aromatic carbocycles. The fourth-order valence-corrected chi connectivity index (χ4v) is 2.61. The van der Waals surface area contributed by atoms with Gasteiger partial charge in [-0.3, -0.25) is 4.79 Å². The summed E-state index contributed by atoms with van der Waals surface area (Å²) in [6.07, 6.45) is -0.584. The zero-order chi connectivity index (χ0) is 18.8. The normalized spacial score (nSPS) is 15.1. The summed E-state index contributed by atoms with van der Waals surface area (Å²) in [5.74, 6) is -0.274. The van der Waals surface area contributed by atoms with Gasteiger partial charge in [0.1, 0.15) is 5.75 Å². The quantitative estimate of drug-likeness (QED) is 0.830. The molecule has 0 radical (unpaired) electrons. The van der Waals surface area contributed by atoms with Crippen LogP contribution < -0.4 is 15.0 Å². The van der Waals surface area contributed by atoms with Crippen LogP contribution in [0.25, 0.3) is 0 Å². The Bertz CT molecular complexity index is 713. The Labute approximate surface area is 146 Å². The molecule has 0 aromatic heterocycles. The number of fused-ring (bicyclic) bond motifs is 1. The number of hydrogen-bond donors (Lipinski definition) is 1. The minimum Gasteiger partial charge on any atom is -0.476 e. The van der Waals surface area contributed by atoms with Crippen LogP contribution in [0.5, 0.6) is 5.75 Å². The van der Waals surface area contributed by atoms with E-state index >= 15 is 0 Å². The molecule has 1 N–H and O–H groups in total. The molecule has 136 valence electrons. The first kappa shape index (κ1) is 18.6. The molecule has 8 nitrogen and oxygen atoms in total. The van der Waals surface area contributed by atoms with Crippen molar-refractivity contribution < 1.29 is 28.6 Å². The molecule has 0 saturated carbocycles. The summed E-state index contributed by atoms with van der Waals surface area (Å²) in [5, 5.41) is 2.53. The molecular weight excluding hydrogens is 328 g/mol. The first-order valence-electron chi connectivity index (χ1n) is 7.77. The van der Waals surface area contributed by atoms with E-state index in [-0.39, 0.29) is 19.0 Å². The van der Waals surface area contributed by atoms with Crippen molar-refractivity contribution in [2.45, 2.75) is 26.4 Å². The van der Waals surface area contributed by atoms with Crippen LogP contribution in [0.2, 0.25) is 0 Å². The highest BCUT2D eigenvalue weighted by molar-refractivity contribution is 6.04. The number of hydrogen-bond acceptors (Lipinski definition) is 6. The summed E-state index contributed by atoms with van der Waals surface area (Å²) in [7, 11) is 2.56. The van der Waals surface area contributed by atoms with E-state index in [2.05, 4.69) is 10.1 Å². The number of methoxy groups -OCH3 is 2. The minimum atomic E-state index is -1.06. The third-order valence-corrected chi connectivity index (χ3v) is 3.92. The second-order valence-corrected chi connectivity index (χ2v) is 6.11. The van der Waals surface area contributed by atoms with Crippen LogP contribution in [0, 0.1) is 6.92 Å². The van der Waals surface area contributed by atoms with Crippen molar-refractivity contribution in [3.05, 3.63) is 23.3 Å². The first-order valence-corrected chi connectivity index (χ1v) is 7.77. The van der Waals surface area contributed by atoms with Crippen molar-refractivity contribution in [1.82, 2.24) is 5.32 Å². The van der Waals surface area contributed by atoms with Crippen LogP contribution in [-0.4, -0.2) is 50.9 Å². The van der Waals surface area contributed by atoms with Gasteiger partial charge in [0.25, 0.3) is 5.91 Å². The largest absolute Gasteiger partial charge is 0.476 e. The molecule has 1 aliphatic heterocycles. The molecule has 0 unspecified atom stereocenters. The van der Waals surface area contributed by atoms with E-state index in [1.165, 1.54) is 19.1 Å². The molecule has 2 rings (SSSR count). The Morgan fingerprint density at radius 2 is 1.92 bits per heavy atom. The number of carbonyl (C=O) groups excluding carboxylic acids is 3. The fourth-order valence-electron chi connectivity index (χ4n) is 2.61. The van der Waals surface area contributed by atoms with Crippen LogP contribution >= 0.6 is 0 Å². The van der Waals surface area contributed by atoms with Crippen LogP contribution in [0.1, 0.15) is 29.8 Å². The number of anilines is 1. The number of carbonyl (C=O) groups is 3. The second kappa shape index (κ2) is 7.00. The van der Waals surface area contributed by atoms with Crippen LogP contribution in [0.4, 0.5) is 10.5 Å². The number of aryl methyl sites for hydroxylation is 1. The average molecular weight is 350 g/mol. The van der Waals surface area contributed by atoms with Gasteiger partial charge in [0.15, 0.2) is 5.60 Å². The maximum absolute atomic E-state index is 12.7. The average Bonchev–Trinajstić information content (AvgIpc) is 2.56. The SMILES string of the molecule is COC(=O)NCCN1C(=O)C(C)(C)Oc2cc(C)c(C(=O)OC)cc21. The molecule has 0 bridgehead atoms. The third-order valence-electron chi connectivity index (χ3n) is 3.92. The second-order valence-electron chi connectivity index (χ2n) is 6.11. The van der Waals surface area contributed by atoms with Gasteiger partial charge in [-0.05, 0) is 38.5 Å². The smallest absolute Gasteiger partial charge is 0.406 e. The lowest BCUT2D eigenvalue weighted by molar-refractivity contribution is -0.132. The van der Waals surface area contributed by atoms with Crippen molar-refractivity contribution in [3.63, 3.8) is 0 Å². The summed E-state index contributed by atoms with van der Waals surface area (Å²) >= 11 is 0. The maximum atomic E-state index is 12.7. The van der Waals surface area contributed by atoms with E-state index < -0.39 is 17.7 Å². The Morgan fingerprint density at radius 3 is 2.52 bits per heavy atom. The molecule has 0 atom stereocenters. The Kier molecular flexibility index (Phi) is 5.20. The fraction of sp³-hybridized carbons (Fsp3) is 0.471. The molecule has 1 aliphatic rings. The zero-order valence-corrected chi connectivity index (χ0v) is 15.0. The lowest BCUT2D eigenvalue weighted by Crippen LogP contribution is -2.54. The number of ether oxygens (including phenoxy) is 3. The number of amides is 2. The van der Waals surface area contributed by atoms with Gasteiger partial charge in [0.05, 0.1) is 25.5 Å². The molecule has 1 heterocycles. The van der Waals surface area contributed by atoms with Crippen LogP contribution in [0.3, 0.4) is 0 Å². The number of alkyl carbamates (subject to hydrolysis) is 1. The molecule has 1 aromatic rings. The van der Waals surface area contributed by atoms with Gasteiger partial charge in [0.2, 0.25) is 0 Å². The monoisotopic (exact) mass is 350 g/mol. The van der Waals surface area contributed by atoms with E-state index in [0.717, 1.165) is 0 Å². The first-order chi connectivity index (χ1) is 11.7. The van der Waals surface area contributed by atoms with Gasteiger partial charge in [-0.15, -0.1) is 0 Å². The van der Waals surface area contributed by atoms with E-state index in [1.807, 2.05) is 0 Å². The van der Waals surface area contributed by atoms with Gasteiger partial charge in [0, 0.05) is 13.1 Å². The summed E-state index contributed by atoms with van der Waals surface area (Å²) in [5.41, 5.74) is 0.436. The van der Waals surface area contributed by atoms with Gasteiger partial charge < -0.3 is 24.4 Å². The van der Waals surface area contributed by atoms with Crippen molar-refractivity contribution >= 4 is 23.7 Å². The molecule has 0 aliphatic carbocycles. The summed E-state index contributed by atoms with van der Waals surface area (Å²) in [4.78, 5) is 37.4. The van der Waals surface area contributed by atoms with E-state index in [0.29, 0.717) is 22.6 Å². The standard InChI is InChI=1S/C17H22N2O6/c1-10-8-13-12(9-11(10)14(20)23-4)19(7-6-18-16(22)24-5)15(21)17(2,3)25-13/h8-9H,6-7H2,1-5H3,(H,18,22). The van der Waals surface area contributed by atoms with E-state index in [4.69, 9.17) is 9.47 Å². The van der Waals surface area contributed by atoms with Crippen molar-refractivity contribution in [2.24, 2.45) is 0 Å². The lowest BCUT2D eigenvalue weighted by Gasteiger charge is -2.39. The molecule has 2 amide bonds. The Hall–Kier alpha value is -2.77. The van der Waals surface area contributed by atoms with Gasteiger partial charge in [-0.2, -0.15) is 0 Å². The van der Waals surface area contributed by atoms with Gasteiger partial charge in [-0.25, -0.2) is 9.59 Å². The van der Waals surface area contributed by atoms with Crippen molar-refractivity contribution in [2.75, 3.05) is 32.2 Å². The van der Waals surface area contributed by atoms with Crippen LogP contribution in [-0.2, 0) is 14.3 Å². The predicted molar refractivity (Wildman–Crippen MR) is 90.0 cm³/mol. The van der Waals surface area contributed by atoms with Crippen molar-refractivity contribution in [3.8, 4) is 5.75 Å². The number of nitrogens with one attached hydrogen (secondary N) is 1. The lowest BCUT2D eigenvalue weighted by atomic mass is 10.0. The van der Waals surface area contributed by atoms with Gasteiger partial charge in [-0.1, -0.05) is 0 Å². The summed E-state index contributed by atoms with van der Waals surface area (Å²) in [6, 6.07) is 3.28. The Balaban J connectivity index is 2.40.